The molecular weight excluding hydrogens is 182 g/mol. The van der Waals surface area contributed by atoms with Crippen molar-refractivity contribution < 1.29 is 0 Å². The Hall–Kier alpha value is -1.00. The zero-order chi connectivity index (χ0) is 10.1. The van der Waals surface area contributed by atoms with E-state index >= 15 is 0 Å². The predicted octanol–water partition coefficient (Wildman–Crippen LogP) is 4.19. The fourth-order valence-corrected chi connectivity index (χ4v) is 1.56. The third-order valence-corrected chi connectivity index (χ3v) is 2.22. The van der Waals surface area contributed by atoms with Crippen molar-refractivity contribution in [1.82, 2.24) is 0 Å². The molecule has 0 aliphatic heterocycles. The minimum atomic E-state index is -0.00220. The average Bonchev–Trinajstić information content (AvgIpc) is 2.03. The van der Waals surface area contributed by atoms with Gasteiger partial charge in [0, 0.05) is 5.02 Å². The van der Waals surface area contributed by atoms with E-state index in [0.717, 1.165) is 10.6 Å². The van der Waals surface area contributed by atoms with Crippen molar-refractivity contribution in [2.45, 2.75) is 26.2 Å². The van der Waals surface area contributed by atoms with Gasteiger partial charge >= 0.3 is 0 Å². The van der Waals surface area contributed by atoms with E-state index in [-0.39, 0.29) is 5.41 Å². The molecule has 0 radical (unpaired) electrons. The molecule has 0 N–H and O–H groups in total. The van der Waals surface area contributed by atoms with Crippen molar-refractivity contribution in [3.8, 4) is 0 Å². The van der Waals surface area contributed by atoms with E-state index in [1.54, 1.807) is 12.1 Å². The van der Waals surface area contributed by atoms with Crippen LogP contribution < -0.4 is 0 Å². The van der Waals surface area contributed by atoms with Gasteiger partial charge in [-0.15, -0.1) is 0 Å². The Morgan fingerprint density at radius 2 is 1.92 bits per heavy atom. The monoisotopic (exact) mass is 193 g/mol. The van der Waals surface area contributed by atoms with Crippen LogP contribution in [0.4, 0.5) is 5.69 Å². The first kappa shape index (κ1) is 10.1. The van der Waals surface area contributed by atoms with Crippen molar-refractivity contribution in [3.63, 3.8) is 0 Å². The molecule has 0 aliphatic carbocycles. The lowest BCUT2D eigenvalue weighted by Crippen LogP contribution is -2.11. The molecule has 2 heteroatoms. The second-order valence-corrected chi connectivity index (χ2v) is 4.43. The number of halogens is 1. The summed E-state index contributed by atoms with van der Waals surface area (Å²) in [7, 11) is 0. The molecule has 1 nitrogen and oxygen atoms in total. The Balaban J connectivity index is 3.29. The summed E-state index contributed by atoms with van der Waals surface area (Å²) < 4.78 is 0. The molecule has 0 bridgehead atoms. The quantitative estimate of drug-likeness (QED) is 0.545. The van der Waals surface area contributed by atoms with Crippen molar-refractivity contribution in [2.24, 2.45) is 0 Å². The van der Waals surface area contributed by atoms with E-state index in [1.165, 1.54) is 0 Å². The van der Waals surface area contributed by atoms with Crippen LogP contribution in [-0.4, -0.2) is 0 Å². The zero-order valence-electron chi connectivity index (χ0n) is 8.06. The van der Waals surface area contributed by atoms with Gasteiger partial charge in [-0.1, -0.05) is 50.6 Å². The second-order valence-electron chi connectivity index (χ2n) is 4.03. The first-order chi connectivity index (χ1) is 5.95. The first-order valence-electron chi connectivity index (χ1n) is 4.12. The van der Waals surface area contributed by atoms with Crippen molar-refractivity contribution in [1.29, 1.82) is 0 Å². The van der Waals surface area contributed by atoms with E-state index < -0.39 is 0 Å². The van der Waals surface area contributed by atoms with Crippen LogP contribution in [0.1, 0.15) is 26.3 Å². The highest BCUT2D eigenvalue weighted by Crippen LogP contribution is 2.32. The molecule has 0 saturated heterocycles. The van der Waals surface area contributed by atoms with Crippen molar-refractivity contribution in [3.05, 3.63) is 40.2 Å². The van der Waals surface area contributed by atoms with Crippen LogP contribution in [0, 0.1) is 6.57 Å². The molecule has 13 heavy (non-hydrogen) atoms. The number of benzene rings is 1. The predicted molar refractivity (Wildman–Crippen MR) is 56.4 cm³/mol. The highest BCUT2D eigenvalue weighted by atomic mass is 35.5. The SMILES string of the molecule is [C-]#[N+]c1ccc(Cl)c(C(C)(C)C)c1. The van der Waals surface area contributed by atoms with Crippen LogP contribution in [0.2, 0.25) is 5.02 Å². The van der Waals surface area contributed by atoms with Gasteiger partial charge in [0.25, 0.3) is 0 Å². The van der Waals surface area contributed by atoms with Gasteiger partial charge in [-0.2, -0.15) is 0 Å². The largest absolute Gasteiger partial charge is 0.238 e. The Kier molecular flexibility index (Phi) is 2.63. The minimum absolute atomic E-state index is 0.00220. The van der Waals surface area contributed by atoms with Crippen LogP contribution >= 0.6 is 11.6 Å². The number of hydrogen-bond acceptors (Lipinski definition) is 0. The highest BCUT2D eigenvalue weighted by Gasteiger charge is 2.17. The number of nitrogens with zero attached hydrogens (tertiary/aromatic N) is 1. The van der Waals surface area contributed by atoms with Crippen LogP contribution in [0.3, 0.4) is 0 Å². The maximum atomic E-state index is 6.90. The normalized spacial score (nSPS) is 11.0. The molecule has 0 atom stereocenters. The lowest BCUT2D eigenvalue weighted by Gasteiger charge is -2.20. The molecule has 0 unspecified atom stereocenters. The zero-order valence-corrected chi connectivity index (χ0v) is 8.81. The maximum Gasteiger partial charge on any atom is 0.187 e. The fourth-order valence-electron chi connectivity index (χ4n) is 1.16. The third kappa shape index (κ3) is 2.23. The number of rotatable bonds is 0. The smallest absolute Gasteiger partial charge is 0.187 e. The Labute approximate surface area is 84.2 Å². The molecule has 1 rings (SSSR count). The van der Waals surface area contributed by atoms with Crippen LogP contribution in [0.25, 0.3) is 4.85 Å². The van der Waals surface area contributed by atoms with Crippen LogP contribution in [0.15, 0.2) is 18.2 Å². The molecule has 1 aromatic rings. The summed E-state index contributed by atoms with van der Waals surface area (Å²) in [5.41, 5.74) is 1.68. The topological polar surface area (TPSA) is 4.36 Å². The van der Waals surface area contributed by atoms with Gasteiger partial charge in [-0.25, -0.2) is 4.85 Å². The molecule has 0 aliphatic rings. The van der Waals surface area contributed by atoms with E-state index in [2.05, 4.69) is 25.6 Å². The van der Waals surface area contributed by atoms with Gasteiger partial charge in [0.05, 0.1) is 6.57 Å². The standard InChI is InChI=1S/C11H12ClN/c1-11(2,3)9-7-8(13-4)5-6-10(9)12/h5-7H,1-3H3. The highest BCUT2D eigenvalue weighted by molar-refractivity contribution is 6.31. The lowest BCUT2D eigenvalue weighted by molar-refractivity contribution is 0.591. The summed E-state index contributed by atoms with van der Waals surface area (Å²) in [6, 6.07) is 5.38. The molecule has 0 heterocycles. The van der Waals surface area contributed by atoms with E-state index in [1.807, 2.05) is 6.07 Å². The molecule has 0 spiro atoms. The lowest BCUT2D eigenvalue weighted by atomic mass is 9.87. The maximum absolute atomic E-state index is 6.90. The molecule has 0 aromatic heterocycles. The van der Waals surface area contributed by atoms with E-state index in [9.17, 15) is 0 Å². The molecule has 0 saturated carbocycles. The van der Waals surface area contributed by atoms with E-state index in [0.29, 0.717) is 5.69 Å². The van der Waals surface area contributed by atoms with Crippen LogP contribution in [0.5, 0.6) is 0 Å². The second kappa shape index (κ2) is 3.40. The fraction of sp³-hybridized carbons (Fsp3) is 0.364. The Bertz CT molecular complexity index is 355. The van der Waals surface area contributed by atoms with Gasteiger partial charge in [-0.05, 0) is 11.0 Å². The third-order valence-electron chi connectivity index (χ3n) is 1.89. The van der Waals surface area contributed by atoms with E-state index in [4.69, 9.17) is 18.2 Å². The molecule has 1 aromatic carbocycles. The summed E-state index contributed by atoms with van der Waals surface area (Å²) in [4.78, 5) is 3.38. The first-order valence-corrected chi connectivity index (χ1v) is 4.50. The van der Waals surface area contributed by atoms with Gasteiger partial charge in [-0.3, -0.25) is 0 Å². The van der Waals surface area contributed by atoms with Gasteiger partial charge in [0.2, 0.25) is 0 Å². The summed E-state index contributed by atoms with van der Waals surface area (Å²) in [5.74, 6) is 0. The molecular formula is C11H12ClN. The summed E-state index contributed by atoms with van der Waals surface area (Å²) in [6.45, 7) is 13.2. The molecule has 0 amide bonds. The van der Waals surface area contributed by atoms with Gasteiger partial charge in [0.1, 0.15) is 0 Å². The summed E-state index contributed by atoms with van der Waals surface area (Å²) >= 11 is 6.03. The molecule has 0 fully saturated rings. The van der Waals surface area contributed by atoms with Gasteiger partial charge in [0.15, 0.2) is 5.69 Å². The minimum Gasteiger partial charge on any atom is -0.238 e. The van der Waals surface area contributed by atoms with Crippen molar-refractivity contribution in [2.75, 3.05) is 0 Å². The van der Waals surface area contributed by atoms with Crippen molar-refractivity contribution >= 4 is 17.3 Å². The Morgan fingerprint density at radius 1 is 1.31 bits per heavy atom. The molecule has 68 valence electrons. The average molecular weight is 194 g/mol. The summed E-state index contributed by atoms with van der Waals surface area (Å²) in [5, 5.41) is 0.736. The van der Waals surface area contributed by atoms with Gasteiger partial charge < -0.3 is 0 Å². The Morgan fingerprint density at radius 3 is 2.38 bits per heavy atom. The summed E-state index contributed by atoms with van der Waals surface area (Å²) in [6.07, 6.45) is 0. The number of hydrogen-bond donors (Lipinski definition) is 0. The van der Waals surface area contributed by atoms with Crippen LogP contribution in [-0.2, 0) is 5.41 Å².